The summed E-state index contributed by atoms with van der Waals surface area (Å²) in [5.74, 6) is 0. The van der Waals surface area contributed by atoms with Crippen LogP contribution in [0.2, 0.25) is 0 Å². The highest BCUT2D eigenvalue weighted by atomic mass is 19.4. The van der Waals surface area contributed by atoms with E-state index in [1.165, 1.54) is 12.1 Å². The van der Waals surface area contributed by atoms with Crippen molar-refractivity contribution in [3.8, 4) is 0 Å². The fourth-order valence-electron chi connectivity index (χ4n) is 2.27. The molecule has 2 aromatic carbocycles. The largest absolute Gasteiger partial charge is 0.416 e. The zero-order valence-corrected chi connectivity index (χ0v) is 13.6. The number of hydrogen-bond acceptors (Lipinski definition) is 2. The Bertz CT molecular complexity index is 744. The summed E-state index contributed by atoms with van der Waals surface area (Å²) in [5, 5.41) is 3.10. The molecule has 1 N–H and O–H groups in total. The third-order valence-electron chi connectivity index (χ3n) is 3.58. The van der Waals surface area contributed by atoms with Gasteiger partial charge in [0.25, 0.3) is 0 Å². The number of alkyl halides is 3. The predicted octanol–water partition coefficient (Wildman–Crippen LogP) is 6.51. The number of rotatable bonds is 5. The van der Waals surface area contributed by atoms with E-state index in [4.69, 9.17) is 0 Å². The topological polar surface area (TPSA) is 24.4 Å². The lowest BCUT2D eigenvalue weighted by Crippen LogP contribution is -2.04. The average Bonchev–Trinajstić information content (AvgIpc) is 2.54. The highest BCUT2D eigenvalue weighted by molar-refractivity contribution is 5.77. The lowest BCUT2D eigenvalue weighted by molar-refractivity contribution is -0.137. The van der Waals surface area contributed by atoms with Gasteiger partial charge in [-0.1, -0.05) is 19.1 Å². The monoisotopic (exact) mass is 332 g/mol. The molecule has 0 atom stereocenters. The Balaban J connectivity index is 2.30. The number of aliphatic imine (C=N–C) groups is 1. The van der Waals surface area contributed by atoms with Crippen LogP contribution in [0.1, 0.15) is 30.0 Å². The first-order valence-corrected chi connectivity index (χ1v) is 7.57. The van der Waals surface area contributed by atoms with E-state index in [2.05, 4.69) is 30.0 Å². The summed E-state index contributed by atoms with van der Waals surface area (Å²) in [6.45, 7) is 7.59. The number of halogens is 3. The van der Waals surface area contributed by atoms with Crippen LogP contribution >= 0.6 is 0 Å². The van der Waals surface area contributed by atoms with Crippen molar-refractivity contribution in [2.45, 2.75) is 26.4 Å². The van der Waals surface area contributed by atoms with E-state index >= 15 is 0 Å². The van der Waals surface area contributed by atoms with Gasteiger partial charge in [0, 0.05) is 5.69 Å². The second kappa shape index (κ2) is 7.34. The number of benzene rings is 2. The van der Waals surface area contributed by atoms with E-state index in [9.17, 15) is 13.2 Å². The van der Waals surface area contributed by atoms with Gasteiger partial charge in [-0.15, -0.1) is 0 Å². The molecule has 0 radical (unpaired) electrons. The van der Waals surface area contributed by atoms with Crippen LogP contribution in [0.15, 0.2) is 47.5 Å². The predicted molar refractivity (Wildman–Crippen MR) is 94.4 cm³/mol. The molecule has 0 spiro atoms. The highest BCUT2D eigenvalue weighted by Gasteiger charge is 2.29. The first kappa shape index (κ1) is 17.8. The van der Waals surface area contributed by atoms with Crippen LogP contribution in [0.4, 0.5) is 30.2 Å². The zero-order valence-electron chi connectivity index (χ0n) is 13.6. The number of anilines is 2. The van der Waals surface area contributed by atoms with Gasteiger partial charge < -0.3 is 5.32 Å². The van der Waals surface area contributed by atoms with E-state index < -0.39 is 11.7 Å². The van der Waals surface area contributed by atoms with E-state index in [0.717, 1.165) is 29.7 Å². The molecular formula is C19H19F3N2. The van der Waals surface area contributed by atoms with Crippen molar-refractivity contribution in [2.75, 3.05) is 5.32 Å². The van der Waals surface area contributed by atoms with Crippen LogP contribution in [0.25, 0.3) is 6.08 Å². The molecule has 0 saturated heterocycles. The minimum atomic E-state index is -4.34. The summed E-state index contributed by atoms with van der Waals surface area (Å²) in [7, 11) is 0. The molecule has 0 bridgehead atoms. The molecule has 5 heteroatoms. The van der Waals surface area contributed by atoms with E-state index in [-0.39, 0.29) is 0 Å². The normalized spacial score (nSPS) is 11.7. The number of aryl methyl sites for hydroxylation is 1. The summed E-state index contributed by atoms with van der Waals surface area (Å²) in [5.41, 5.74) is 3.32. The van der Waals surface area contributed by atoms with Crippen molar-refractivity contribution in [2.24, 2.45) is 4.99 Å². The molecule has 0 saturated carbocycles. The molecule has 24 heavy (non-hydrogen) atoms. The van der Waals surface area contributed by atoms with Gasteiger partial charge in [-0.25, -0.2) is 0 Å². The SMILES string of the molecule is C=Nc1cc(/C=C/CC)c(C)cc1Nc1ccc(C(F)(F)F)cc1. The van der Waals surface area contributed by atoms with Gasteiger partial charge in [-0.05, 0) is 67.6 Å². The third kappa shape index (κ3) is 4.25. The maximum Gasteiger partial charge on any atom is 0.416 e. The Morgan fingerprint density at radius 1 is 1.17 bits per heavy atom. The van der Waals surface area contributed by atoms with Crippen molar-refractivity contribution >= 4 is 29.9 Å². The smallest absolute Gasteiger partial charge is 0.354 e. The Labute approximate surface area is 139 Å². The molecule has 0 aromatic heterocycles. The number of nitrogens with zero attached hydrogens (tertiary/aromatic N) is 1. The Hall–Kier alpha value is -2.56. The van der Waals surface area contributed by atoms with Crippen molar-refractivity contribution < 1.29 is 13.2 Å². The molecule has 0 aliphatic rings. The Morgan fingerprint density at radius 3 is 2.38 bits per heavy atom. The molecule has 2 nitrogen and oxygen atoms in total. The van der Waals surface area contributed by atoms with Crippen LogP contribution in [0.5, 0.6) is 0 Å². The first-order valence-electron chi connectivity index (χ1n) is 7.57. The van der Waals surface area contributed by atoms with Crippen molar-refractivity contribution in [1.29, 1.82) is 0 Å². The van der Waals surface area contributed by atoms with Crippen LogP contribution < -0.4 is 5.32 Å². The fraction of sp³-hybridized carbons (Fsp3) is 0.211. The van der Waals surface area contributed by atoms with Crippen molar-refractivity contribution in [1.82, 2.24) is 0 Å². The minimum Gasteiger partial charge on any atom is -0.354 e. The number of hydrogen-bond donors (Lipinski definition) is 1. The minimum absolute atomic E-state index is 0.559. The van der Waals surface area contributed by atoms with Gasteiger partial charge in [0.05, 0.1) is 16.9 Å². The van der Waals surface area contributed by atoms with Gasteiger partial charge in [0.2, 0.25) is 0 Å². The highest BCUT2D eigenvalue weighted by Crippen LogP contribution is 2.33. The Kier molecular flexibility index (Phi) is 5.44. The molecule has 0 aliphatic heterocycles. The molecule has 0 unspecified atom stereocenters. The number of nitrogens with one attached hydrogen (secondary N) is 1. The number of allylic oxidation sites excluding steroid dienone is 1. The summed E-state index contributed by atoms with van der Waals surface area (Å²) in [4.78, 5) is 4.01. The summed E-state index contributed by atoms with van der Waals surface area (Å²) >= 11 is 0. The molecule has 0 aliphatic carbocycles. The summed E-state index contributed by atoms with van der Waals surface area (Å²) in [6.07, 6.45) is 0.669. The van der Waals surface area contributed by atoms with Crippen molar-refractivity contribution in [3.05, 3.63) is 59.2 Å². The molecule has 0 fully saturated rings. The second-order valence-electron chi connectivity index (χ2n) is 5.39. The van der Waals surface area contributed by atoms with Crippen molar-refractivity contribution in [3.63, 3.8) is 0 Å². The van der Waals surface area contributed by atoms with Gasteiger partial charge in [0.15, 0.2) is 0 Å². The van der Waals surface area contributed by atoms with Crippen LogP contribution in [-0.2, 0) is 6.18 Å². The fourth-order valence-corrected chi connectivity index (χ4v) is 2.27. The lowest BCUT2D eigenvalue weighted by Gasteiger charge is -2.13. The van der Waals surface area contributed by atoms with E-state index in [1.807, 2.05) is 25.1 Å². The zero-order chi connectivity index (χ0) is 17.7. The molecule has 126 valence electrons. The Morgan fingerprint density at radius 2 is 1.83 bits per heavy atom. The lowest BCUT2D eigenvalue weighted by atomic mass is 10.0. The average molecular weight is 332 g/mol. The molecule has 0 heterocycles. The standard InChI is InChI=1S/C19H19F3N2/c1-4-5-6-14-12-17(23-3)18(11-13(14)2)24-16-9-7-15(8-10-16)19(20,21)22/h5-12,24H,3-4H2,1-2H3/b6-5+. The second-order valence-corrected chi connectivity index (χ2v) is 5.39. The van der Waals surface area contributed by atoms with Gasteiger partial charge in [0.1, 0.15) is 0 Å². The molecule has 2 rings (SSSR count). The van der Waals surface area contributed by atoms with E-state index in [0.29, 0.717) is 17.1 Å². The molecular weight excluding hydrogens is 313 g/mol. The van der Waals surface area contributed by atoms with Crippen LogP contribution in [0.3, 0.4) is 0 Å². The van der Waals surface area contributed by atoms with Crippen LogP contribution in [-0.4, -0.2) is 6.72 Å². The molecule has 2 aromatic rings. The molecule has 0 amide bonds. The maximum absolute atomic E-state index is 12.6. The van der Waals surface area contributed by atoms with Crippen LogP contribution in [0, 0.1) is 6.92 Å². The summed E-state index contributed by atoms with van der Waals surface area (Å²) in [6, 6.07) is 8.72. The first-order chi connectivity index (χ1) is 11.3. The maximum atomic E-state index is 12.6. The van der Waals surface area contributed by atoms with E-state index in [1.54, 1.807) is 0 Å². The quantitative estimate of drug-likeness (QED) is 0.620. The summed E-state index contributed by atoms with van der Waals surface area (Å²) < 4.78 is 37.8. The van der Waals surface area contributed by atoms with Gasteiger partial charge in [-0.2, -0.15) is 13.2 Å². The van der Waals surface area contributed by atoms with Gasteiger partial charge in [-0.3, -0.25) is 4.99 Å². The van der Waals surface area contributed by atoms with Gasteiger partial charge >= 0.3 is 6.18 Å². The third-order valence-corrected chi connectivity index (χ3v) is 3.58.